The first-order valence-electron chi connectivity index (χ1n) is 12.7. The molecule has 0 bridgehead atoms. The number of hydrogen-bond donors (Lipinski definition) is 1. The molecule has 0 aliphatic carbocycles. The second-order valence-corrected chi connectivity index (χ2v) is 12.8. The number of rotatable bonds is 13. The zero-order valence-electron chi connectivity index (χ0n) is 22.0. The molecule has 0 fully saturated rings. The molecular formula is C29H33ClIN3O4S. The lowest BCUT2D eigenvalue weighted by Gasteiger charge is -2.33. The molecule has 1 N–H and O–H groups in total. The molecule has 0 heterocycles. The number of benzene rings is 3. The first-order chi connectivity index (χ1) is 18.6. The maximum Gasteiger partial charge on any atom is 0.244 e. The number of hydrogen-bond acceptors (Lipinski definition) is 4. The van der Waals surface area contributed by atoms with Crippen molar-refractivity contribution in [3.05, 3.63) is 98.6 Å². The Hall–Kier alpha value is -2.63. The molecule has 7 nitrogen and oxygen atoms in total. The fourth-order valence-corrected chi connectivity index (χ4v) is 5.50. The average molecular weight is 682 g/mol. The van der Waals surface area contributed by atoms with Gasteiger partial charge in [-0.2, -0.15) is 0 Å². The van der Waals surface area contributed by atoms with Crippen molar-refractivity contribution in [2.75, 3.05) is 23.7 Å². The molecule has 10 heteroatoms. The minimum Gasteiger partial charge on any atom is -0.354 e. The van der Waals surface area contributed by atoms with Crippen LogP contribution in [0.4, 0.5) is 5.69 Å². The van der Waals surface area contributed by atoms with Crippen molar-refractivity contribution in [3.63, 3.8) is 0 Å². The molecular weight excluding hydrogens is 649 g/mol. The summed E-state index contributed by atoms with van der Waals surface area (Å²) in [5.74, 6) is -0.807. The van der Waals surface area contributed by atoms with E-state index >= 15 is 0 Å². The summed E-state index contributed by atoms with van der Waals surface area (Å²) in [5.41, 5.74) is 1.91. The molecule has 0 unspecified atom stereocenters. The summed E-state index contributed by atoms with van der Waals surface area (Å²) in [6.45, 7) is 2.09. The molecule has 3 aromatic rings. The highest BCUT2D eigenvalue weighted by molar-refractivity contribution is 14.1. The van der Waals surface area contributed by atoms with E-state index in [4.69, 9.17) is 11.6 Å². The normalized spacial score (nSPS) is 12.0. The largest absolute Gasteiger partial charge is 0.354 e. The topological polar surface area (TPSA) is 86.8 Å². The van der Waals surface area contributed by atoms with Crippen molar-refractivity contribution >= 4 is 61.7 Å². The number of sulfonamides is 1. The van der Waals surface area contributed by atoms with Gasteiger partial charge in [0.05, 0.1) is 11.9 Å². The summed E-state index contributed by atoms with van der Waals surface area (Å²) in [5, 5.41) is 3.42. The molecule has 2 amide bonds. The molecule has 0 radical (unpaired) electrons. The molecule has 39 heavy (non-hydrogen) atoms. The van der Waals surface area contributed by atoms with Gasteiger partial charge in [0, 0.05) is 28.1 Å². The summed E-state index contributed by atoms with van der Waals surface area (Å²) in [7, 11) is -3.81. The number of carbonyl (C=O) groups excluding carboxylic acids is 2. The van der Waals surface area contributed by atoms with Crippen molar-refractivity contribution in [2.24, 2.45) is 0 Å². The van der Waals surface area contributed by atoms with Gasteiger partial charge in [-0.1, -0.05) is 73.5 Å². The Balaban J connectivity index is 2.03. The van der Waals surface area contributed by atoms with Crippen LogP contribution >= 0.6 is 34.2 Å². The predicted molar refractivity (Wildman–Crippen MR) is 165 cm³/mol. The highest BCUT2D eigenvalue weighted by Gasteiger charge is 2.33. The number of nitrogens with one attached hydrogen (secondary N) is 1. The van der Waals surface area contributed by atoms with Crippen LogP contribution in [0.1, 0.15) is 30.9 Å². The first-order valence-corrected chi connectivity index (χ1v) is 16.0. The van der Waals surface area contributed by atoms with E-state index in [1.807, 2.05) is 43.3 Å². The standard InChI is InChI=1S/C29H33ClIN3O4S/c1-3-4-18-32-29(36)27(19-22-10-6-5-7-11-22)33(20-23-12-8-9-13-26(23)30)28(35)21-34(39(2,37)38)25-16-14-24(31)15-17-25/h5-17,27H,3-4,18-21H2,1-2H3,(H,32,36)/t27-/m0/s1. The minimum absolute atomic E-state index is 0.0431. The molecule has 0 aliphatic heterocycles. The number of anilines is 1. The zero-order valence-corrected chi connectivity index (χ0v) is 25.7. The smallest absolute Gasteiger partial charge is 0.244 e. The predicted octanol–water partition coefficient (Wildman–Crippen LogP) is 5.27. The molecule has 0 saturated heterocycles. The van der Waals surface area contributed by atoms with Gasteiger partial charge in [-0.3, -0.25) is 13.9 Å². The summed E-state index contributed by atoms with van der Waals surface area (Å²) in [6.07, 6.45) is 3.04. The van der Waals surface area contributed by atoms with Gasteiger partial charge < -0.3 is 10.2 Å². The van der Waals surface area contributed by atoms with Crippen LogP contribution in [0.5, 0.6) is 0 Å². The maximum atomic E-state index is 14.0. The molecule has 0 spiro atoms. The lowest BCUT2D eigenvalue weighted by Crippen LogP contribution is -2.53. The van der Waals surface area contributed by atoms with Crippen LogP contribution in [-0.4, -0.2) is 50.5 Å². The van der Waals surface area contributed by atoms with Crippen LogP contribution in [0, 0.1) is 3.57 Å². The van der Waals surface area contributed by atoms with Crippen molar-refractivity contribution in [3.8, 4) is 0 Å². The Kier molecular flexibility index (Phi) is 11.6. The van der Waals surface area contributed by atoms with Crippen molar-refractivity contribution in [2.45, 2.75) is 38.8 Å². The Morgan fingerprint density at radius 1 is 0.974 bits per heavy atom. The highest BCUT2D eigenvalue weighted by atomic mass is 127. The Morgan fingerprint density at radius 3 is 2.23 bits per heavy atom. The Morgan fingerprint density at radius 2 is 1.62 bits per heavy atom. The number of halogens is 2. The summed E-state index contributed by atoms with van der Waals surface area (Å²) in [6, 6.07) is 22.6. The number of carbonyl (C=O) groups is 2. The highest BCUT2D eigenvalue weighted by Crippen LogP contribution is 2.23. The van der Waals surface area contributed by atoms with E-state index in [-0.39, 0.29) is 18.9 Å². The monoisotopic (exact) mass is 681 g/mol. The van der Waals surface area contributed by atoms with Gasteiger partial charge in [0.25, 0.3) is 0 Å². The third-order valence-electron chi connectivity index (χ3n) is 6.19. The first kappa shape index (κ1) is 30.9. The number of amides is 2. The van der Waals surface area contributed by atoms with E-state index in [1.165, 1.54) is 4.90 Å². The lowest BCUT2D eigenvalue weighted by molar-refractivity contribution is -0.140. The number of nitrogens with zero attached hydrogens (tertiary/aromatic N) is 2. The van der Waals surface area contributed by atoms with Crippen LogP contribution in [0.2, 0.25) is 5.02 Å². The molecule has 1 atom stereocenters. The molecule has 0 saturated carbocycles. The van der Waals surface area contributed by atoms with Crippen LogP contribution in [0.15, 0.2) is 78.9 Å². The molecule has 0 aliphatic rings. The van der Waals surface area contributed by atoms with E-state index < -0.39 is 28.5 Å². The van der Waals surface area contributed by atoms with Crippen molar-refractivity contribution in [1.82, 2.24) is 10.2 Å². The van der Waals surface area contributed by atoms with Crippen LogP contribution in [0.25, 0.3) is 0 Å². The van der Waals surface area contributed by atoms with Gasteiger partial charge in [0.2, 0.25) is 21.8 Å². The zero-order chi connectivity index (χ0) is 28.4. The average Bonchev–Trinajstić information content (AvgIpc) is 2.91. The lowest BCUT2D eigenvalue weighted by atomic mass is 10.0. The van der Waals surface area contributed by atoms with Crippen LogP contribution in [0.3, 0.4) is 0 Å². The van der Waals surface area contributed by atoms with Crippen molar-refractivity contribution < 1.29 is 18.0 Å². The molecule has 3 aromatic carbocycles. The fourth-order valence-electron chi connectivity index (χ4n) is 4.09. The SMILES string of the molecule is CCCCNC(=O)[C@H](Cc1ccccc1)N(Cc1ccccc1Cl)C(=O)CN(c1ccc(I)cc1)S(C)(=O)=O. The minimum atomic E-state index is -3.81. The number of unbranched alkanes of at least 4 members (excludes halogenated alkanes) is 1. The van der Waals surface area contributed by atoms with Gasteiger partial charge in [0.1, 0.15) is 12.6 Å². The van der Waals surface area contributed by atoms with Crippen LogP contribution < -0.4 is 9.62 Å². The summed E-state index contributed by atoms with van der Waals surface area (Å²) < 4.78 is 27.6. The second-order valence-electron chi connectivity index (χ2n) is 9.21. The van der Waals surface area contributed by atoms with Crippen LogP contribution in [-0.2, 0) is 32.6 Å². The van der Waals surface area contributed by atoms with Gasteiger partial charge in [0.15, 0.2) is 0 Å². The summed E-state index contributed by atoms with van der Waals surface area (Å²) in [4.78, 5) is 29.0. The maximum absolute atomic E-state index is 14.0. The van der Waals surface area contributed by atoms with E-state index in [1.54, 1.807) is 42.5 Å². The quantitative estimate of drug-likeness (QED) is 0.197. The van der Waals surface area contributed by atoms with Gasteiger partial charge in [-0.15, -0.1) is 0 Å². The molecule has 0 aromatic heterocycles. The molecule has 208 valence electrons. The Labute approximate surface area is 249 Å². The van der Waals surface area contributed by atoms with E-state index in [0.717, 1.165) is 32.5 Å². The fraction of sp³-hybridized carbons (Fsp3) is 0.310. The Bertz CT molecular complexity index is 1350. The van der Waals surface area contributed by atoms with Gasteiger partial charge in [-0.25, -0.2) is 8.42 Å². The van der Waals surface area contributed by atoms with E-state index in [2.05, 4.69) is 27.9 Å². The third-order valence-corrected chi connectivity index (χ3v) is 8.42. The van der Waals surface area contributed by atoms with Gasteiger partial charge >= 0.3 is 0 Å². The van der Waals surface area contributed by atoms with E-state index in [9.17, 15) is 18.0 Å². The van der Waals surface area contributed by atoms with Gasteiger partial charge in [-0.05, 0) is 70.5 Å². The van der Waals surface area contributed by atoms with Crippen molar-refractivity contribution in [1.29, 1.82) is 0 Å². The van der Waals surface area contributed by atoms with E-state index in [0.29, 0.717) is 22.8 Å². The second kappa shape index (κ2) is 14.7. The third kappa shape index (κ3) is 9.22. The summed E-state index contributed by atoms with van der Waals surface area (Å²) >= 11 is 8.60. The molecule has 3 rings (SSSR count).